The number of amides is 2. The molecular formula is C21H35N3O2. The van der Waals surface area contributed by atoms with Crippen molar-refractivity contribution in [3.8, 4) is 5.75 Å². The van der Waals surface area contributed by atoms with Gasteiger partial charge in [0.2, 0.25) is 0 Å². The normalized spacial score (nSPS) is 16.3. The first-order chi connectivity index (χ1) is 12.3. The molecule has 1 aliphatic heterocycles. The molecule has 0 aromatic heterocycles. The largest absolute Gasteiger partial charge is 0.494 e. The van der Waals surface area contributed by atoms with Crippen LogP contribution in [-0.4, -0.2) is 62.2 Å². The van der Waals surface area contributed by atoms with Crippen molar-refractivity contribution in [2.45, 2.75) is 51.5 Å². The van der Waals surface area contributed by atoms with E-state index in [1.807, 2.05) is 24.1 Å². The Hall–Kier alpha value is -1.75. The average molecular weight is 362 g/mol. The summed E-state index contributed by atoms with van der Waals surface area (Å²) in [5.41, 5.74) is 1.46. The molecule has 26 heavy (non-hydrogen) atoms. The molecule has 1 fully saturated rings. The van der Waals surface area contributed by atoms with E-state index in [9.17, 15) is 4.79 Å². The molecule has 5 nitrogen and oxygen atoms in total. The first-order valence-corrected chi connectivity index (χ1v) is 9.70. The Morgan fingerprint density at radius 2 is 1.85 bits per heavy atom. The standard InChI is InChI=1S/C21H35N3O2/c1-21(2,3)17-7-9-19(10-8-17)26-16-6-13-22-20(25)24(5)18-11-14-23(4)15-12-18/h7-10,18H,6,11-16H2,1-5H3,(H,22,25). The van der Waals surface area contributed by atoms with Crippen molar-refractivity contribution in [3.63, 3.8) is 0 Å². The van der Waals surface area contributed by atoms with Crippen molar-refractivity contribution in [1.82, 2.24) is 15.1 Å². The average Bonchev–Trinajstić information content (AvgIpc) is 2.61. The number of likely N-dealkylation sites (tertiary alicyclic amines) is 1. The van der Waals surface area contributed by atoms with E-state index in [0.29, 0.717) is 19.2 Å². The van der Waals surface area contributed by atoms with Crippen LogP contribution in [0.5, 0.6) is 5.75 Å². The van der Waals surface area contributed by atoms with Crippen LogP contribution in [0.1, 0.15) is 45.6 Å². The SMILES string of the molecule is CN1CCC(N(C)C(=O)NCCCOc2ccc(C(C)(C)C)cc2)CC1. The van der Waals surface area contributed by atoms with E-state index in [0.717, 1.165) is 38.1 Å². The van der Waals surface area contributed by atoms with E-state index in [-0.39, 0.29) is 11.4 Å². The smallest absolute Gasteiger partial charge is 0.317 e. The quantitative estimate of drug-likeness (QED) is 0.789. The van der Waals surface area contributed by atoms with Crippen LogP contribution in [0.3, 0.4) is 0 Å². The lowest BCUT2D eigenvalue weighted by atomic mass is 9.87. The molecule has 5 heteroatoms. The zero-order chi connectivity index (χ0) is 19.2. The summed E-state index contributed by atoms with van der Waals surface area (Å²) in [6.45, 7) is 9.97. The van der Waals surface area contributed by atoms with Crippen molar-refractivity contribution < 1.29 is 9.53 Å². The zero-order valence-electron chi connectivity index (χ0n) is 17.0. The molecule has 0 unspecified atom stereocenters. The summed E-state index contributed by atoms with van der Waals surface area (Å²) in [5, 5.41) is 3.00. The number of hydrogen-bond donors (Lipinski definition) is 1. The van der Waals surface area contributed by atoms with Gasteiger partial charge in [0.1, 0.15) is 5.75 Å². The molecule has 0 saturated carbocycles. The number of carbonyl (C=O) groups is 1. The second kappa shape index (κ2) is 9.26. The van der Waals surface area contributed by atoms with E-state index >= 15 is 0 Å². The summed E-state index contributed by atoms with van der Waals surface area (Å²) in [5.74, 6) is 0.882. The number of urea groups is 1. The van der Waals surface area contributed by atoms with E-state index in [1.165, 1.54) is 5.56 Å². The molecule has 0 bridgehead atoms. The van der Waals surface area contributed by atoms with Gasteiger partial charge < -0.3 is 19.9 Å². The predicted molar refractivity (Wildman–Crippen MR) is 107 cm³/mol. The molecule has 2 amide bonds. The zero-order valence-corrected chi connectivity index (χ0v) is 17.0. The van der Waals surface area contributed by atoms with Crippen LogP contribution in [-0.2, 0) is 5.41 Å². The van der Waals surface area contributed by atoms with Crippen LogP contribution >= 0.6 is 0 Å². The fourth-order valence-corrected chi connectivity index (χ4v) is 3.18. The monoisotopic (exact) mass is 361 g/mol. The summed E-state index contributed by atoms with van der Waals surface area (Å²) in [4.78, 5) is 16.4. The lowest BCUT2D eigenvalue weighted by Crippen LogP contribution is -2.48. The molecule has 1 aromatic carbocycles. The molecule has 0 radical (unpaired) electrons. The number of nitrogens with one attached hydrogen (secondary N) is 1. The molecule has 2 rings (SSSR count). The Balaban J connectivity index is 1.63. The van der Waals surface area contributed by atoms with Gasteiger partial charge in [-0.25, -0.2) is 4.79 Å². The molecule has 1 saturated heterocycles. The van der Waals surface area contributed by atoms with Gasteiger partial charge in [0.25, 0.3) is 0 Å². The lowest BCUT2D eigenvalue weighted by molar-refractivity contribution is 0.147. The fourth-order valence-electron chi connectivity index (χ4n) is 3.18. The molecule has 146 valence electrons. The summed E-state index contributed by atoms with van der Waals surface area (Å²) in [6, 6.07) is 8.65. The van der Waals surface area contributed by atoms with Crippen molar-refractivity contribution >= 4 is 6.03 Å². The van der Waals surface area contributed by atoms with Crippen molar-refractivity contribution in [3.05, 3.63) is 29.8 Å². The number of ether oxygens (including phenoxy) is 1. The highest BCUT2D eigenvalue weighted by molar-refractivity contribution is 5.74. The van der Waals surface area contributed by atoms with E-state index in [1.54, 1.807) is 0 Å². The van der Waals surface area contributed by atoms with Crippen molar-refractivity contribution in [1.29, 1.82) is 0 Å². The van der Waals surface area contributed by atoms with E-state index in [4.69, 9.17) is 4.74 Å². The maximum atomic E-state index is 12.2. The molecular weight excluding hydrogens is 326 g/mol. The van der Waals surface area contributed by atoms with Gasteiger partial charge in [-0.05, 0) is 62.5 Å². The number of hydrogen-bond acceptors (Lipinski definition) is 3. The summed E-state index contributed by atoms with van der Waals surface area (Å²) < 4.78 is 5.77. The minimum absolute atomic E-state index is 0.0223. The lowest BCUT2D eigenvalue weighted by Gasteiger charge is -2.35. The second-order valence-electron chi connectivity index (χ2n) is 8.35. The Labute approximate surface area is 158 Å². The van der Waals surface area contributed by atoms with Gasteiger partial charge >= 0.3 is 6.03 Å². The Kier molecular flexibility index (Phi) is 7.33. The maximum absolute atomic E-state index is 12.2. The van der Waals surface area contributed by atoms with E-state index in [2.05, 4.69) is 50.2 Å². The maximum Gasteiger partial charge on any atom is 0.317 e. The third-order valence-electron chi connectivity index (χ3n) is 5.14. The number of rotatable bonds is 6. The summed E-state index contributed by atoms with van der Waals surface area (Å²) >= 11 is 0. The van der Waals surface area contributed by atoms with Crippen LogP contribution in [0.15, 0.2) is 24.3 Å². The molecule has 1 N–H and O–H groups in total. The predicted octanol–water partition coefficient (Wildman–Crippen LogP) is 3.49. The van der Waals surface area contributed by atoms with Gasteiger partial charge in [0.15, 0.2) is 0 Å². The number of piperidine rings is 1. The highest BCUT2D eigenvalue weighted by Crippen LogP contribution is 2.24. The minimum Gasteiger partial charge on any atom is -0.494 e. The third kappa shape index (κ3) is 6.20. The van der Waals surface area contributed by atoms with Gasteiger partial charge in [0, 0.05) is 19.6 Å². The molecule has 0 spiro atoms. The van der Waals surface area contributed by atoms with Gasteiger partial charge in [-0.1, -0.05) is 32.9 Å². The second-order valence-corrected chi connectivity index (χ2v) is 8.35. The Morgan fingerprint density at radius 1 is 1.23 bits per heavy atom. The van der Waals surface area contributed by atoms with Crippen LogP contribution in [0.25, 0.3) is 0 Å². The molecule has 1 heterocycles. The first kappa shape index (κ1) is 20.6. The highest BCUT2D eigenvalue weighted by Gasteiger charge is 2.23. The van der Waals surface area contributed by atoms with Gasteiger partial charge in [-0.15, -0.1) is 0 Å². The Morgan fingerprint density at radius 3 is 2.42 bits per heavy atom. The van der Waals surface area contributed by atoms with Crippen LogP contribution in [0, 0.1) is 0 Å². The van der Waals surface area contributed by atoms with Crippen LogP contribution in [0.4, 0.5) is 4.79 Å². The minimum atomic E-state index is 0.0223. The van der Waals surface area contributed by atoms with Gasteiger partial charge in [-0.3, -0.25) is 0 Å². The summed E-state index contributed by atoms with van der Waals surface area (Å²) in [6.07, 6.45) is 2.90. The highest BCUT2D eigenvalue weighted by atomic mass is 16.5. The van der Waals surface area contributed by atoms with Crippen LogP contribution < -0.4 is 10.1 Å². The number of nitrogens with zero attached hydrogens (tertiary/aromatic N) is 2. The summed E-state index contributed by atoms with van der Waals surface area (Å²) in [7, 11) is 4.03. The number of benzene rings is 1. The first-order valence-electron chi connectivity index (χ1n) is 9.70. The van der Waals surface area contributed by atoms with Crippen LogP contribution in [0.2, 0.25) is 0 Å². The van der Waals surface area contributed by atoms with Gasteiger partial charge in [-0.2, -0.15) is 0 Å². The van der Waals surface area contributed by atoms with Crippen molar-refractivity contribution in [2.75, 3.05) is 40.3 Å². The Bertz CT molecular complexity index is 558. The topological polar surface area (TPSA) is 44.8 Å². The third-order valence-corrected chi connectivity index (χ3v) is 5.14. The van der Waals surface area contributed by atoms with Crippen molar-refractivity contribution in [2.24, 2.45) is 0 Å². The molecule has 1 aliphatic rings. The van der Waals surface area contributed by atoms with E-state index < -0.39 is 0 Å². The fraction of sp³-hybridized carbons (Fsp3) is 0.667. The van der Waals surface area contributed by atoms with Gasteiger partial charge in [0.05, 0.1) is 6.61 Å². The molecule has 1 aromatic rings. The number of carbonyl (C=O) groups excluding carboxylic acids is 1. The molecule has 0 atom stereocenters. The molecule has 0 aliphatic carbocycles.